The molecular weight excluding hydrogens is 238 g/mol. The van der Waals surface area contributed by atoms with Gasteiger partial charge in [-0.05, 0) is 13.3 Å². The number of carboxylic acid groups (broad SMARTS) is 1. The van der Waals surface area contributed by atoms with Crippen LogP contribution >= 0.6 is 0 Å². The van der Waals surface area contributed by atoms with Crippen molar-refractivity contribution in [3.8, 4) is 0 Å². The predicted molar refractivity (Wildman–Crippen MR) is 66.2 cm³/mol. The van der Waals surface area contributed by atoms with Gasteiger partial charge in [-0.15, -0.1) is 0 Å². The Kier molecular flexibility index (Phi) is 6.77. The summed E-state index contributed by atoms with van der Waals surface area (Å²) < 4.78 is 0. The molecule has 7 heteroatoms. The smallest absolute Gasteiger partial charge is 0.329 e. The van der Waals surface area contributed by atoms with E-state index in [1.165, 1.54) is 14.0 Å². The lowest BCUT2D eigenvalue weighted by Gasteiger charge is -2.25. The predicted octanol–water partition coefficient (Wildman–Crippen LogP) is 0.0651. The van der Waals surface area contributed by atoms with Crippen LogP contribution in [0.15, 0.2) is 0 Å². The lowest BCUT2D eigenvalue weighted by molar-refractivity contribution is -0.144. The minimum atomic E-state index is -1.29. The fourth-order valence-electron chi connectivity index (χ4n) is 1.43. The van der Waals surface area contributed by atoms with Crippen molar-refractivity contribution in [3.63, 3.8) is 0 Å². The maximum atomic E-state index is 11.5. The van der Waals surface area contributed by atoms with Gasteiger partial charge in [0.15, 0.2) is 0 Å². The Morgan fingerprint density at radius 3 is 2.33 bits per heavy atom. The van der Waals surface area contributed by atoms with Gasteiger partial charge in [0.05, 0.1) is 0 Å². The highest BCUT2D eigenvalue weighted by Crippen LogP contribution is 2.12. The number of carbonyl (C=O) groups excluding carboxylic acids is 2. The lowest BCUT2D eigenvalue weighted by Crippen LogP contribution is -2.55. The first kappa shape index (κ1) is 16.2. The van der Waals surface area contributed by atoms with E-state index in [9.17, 15) is 14.4 Å². The number of rotatable bonds is 7. The maximum Gasteiger partial charge on any atom is 0.329 e. The minimum absolute atomic E-state index is 0.154. The van der Waals surface area contributed by atoms with E-state index < -0.39 is 17.5 Å². The number of carbonyl (C=O) groups is 3. The lowest BCUT2D eigenvalue weighted by atomic mass is 9.97. The molecule has 0 aromatic heterocycles. The van der Waals surface area contributed by atoms with Crippen molar-refractivity contribution in [2.24, 2.45) is 0 Å². The van der Waals surface area contributed by atoms with E-state index in [2.05, 4.69) is 16.0 Å². The number of nitrogens with one attached hydrogen (secondary N) is 3. The quantitative estimate of drug-likeness (QED) is 0.518. The van der Waals surface area contributed by atoms with E-state index in [0.717, 1.165) is 0 Å². The number of aliphatic carboxylic acids is 1. The minimum Gasteiger partial charge on any atom is -0.480 e. The molecule has 0 spiro atoms. The molecule has 0 aromatic rings. The molecule has 0 aromatic carbocycles. The summed E-state index contributed by atoms with van der Waals surface area (Å²) in [4.78, 5) is 33.5. The van der Waals surface area contributed by atoms with Gasteiger partial charge in [-0.3, -0.25) is 4.79 Å². The Balaban J connectivity index is 4.19. The second kappa shape index (κ2) is 7.52. The molecule has 0 bridgehead atoms. The van der Waals surface area contributed by atoms with Crippen molar-refractivity contribution in [3.05, 3.63) is 0 Å². The van der Waals surface area contributed by atoms with E-state index in [1.54, 1.807) is 0 Å². The third-order valence-corrected chi connectivity index (χ3v) is 2.53. The molecule has 1 unspecified atom stereocenters. The fourth-order valence-corrected chi connectivity index (χ4v) is 1.43. The molecule has 1 atom stereocenters. The summed E-state index contributed by atoms with van der Waals surface area (Å²) in [5.41, 5.74) is -1.29. The first-order valence-corrected chi connectivity index (χ1v) is 5.85. The molecule has 7 nitrogen and oxygen atoms in total. The maximum absolute atomic E-state index is 11.5. The van der Waals surface area contributed by atoms with Gasteiger partial charge in [0.25, 0.3) is 0 Å². The number of hydrogen-bond donors (Lipinski definition) is 4. The zero-order valence-electron chi connectivity index (χ0n) is 11.0. The summed E-state index contributed by atoms with van der Waals surface area (Å²) in [6.45, 7) is 3.46. The Labute approximate surface area is 106 Å². The van der Waals surface area contributed by atoms with E-state index in [-0.39, 0.29) is 18.9 Å². The molecule has 0 aliphatic rings. The summed E-state index contributed by atoms with van der Waals surface area (Å²) in [5, 5.41) is 16.3. The van der Waals surface area contributed by atoms with Crippen molar-refractivity contribution in [2.75, 3.05) is 13.6 Å². The van der Waals surface area contributed by atoms with Gasteiger partial charge in [-0.25, -0.2) is 9.59 Å². The van der Waals surface area contributed by atoms with Gasteiger partial charge in [0.2, 0.25) is 5.91 Å². The summed E-state index contributed by atoms with van der Waals surface area (Å²) in [6, 6.07) is -0.586. The van der Waals surface area contributed by atoms with Crippen LogP contribution in [-0.2, 0) is 9.59 Å². The second-order valence-corrected chi connectivity index (χ2v) is 4.19. The Morgan fingerprint density at radius 1 is 1.28 bits per heavy atom. The summed E-state index contributed by atoms with van der Waals surface area (Å²) in [6.07, 6.45) is 1.13. The average molecular weight is 259 g/mol. The summed E-state index contributed by atoms with van der Waals surface area (Å²) >= 11 is 0. The molecule has 0 saturated heterocycles. The topological polar surface area (TPSA) is 108 Å². The van der Waals surface area contributed by atoms with Crippen molar-refractivity contribution in [2.45, 2.75) is 38.6 Å². The van der Waals surface area contributed by atoms with Crippen LogP contribution in [0.4, 0.5) is 4.79 Å². The van der Waals surface area contributed by atoms with Crippen LogP contribution in [0.5, 0.6) is 0 Å². The molecule has 3 amide bonds. The molecule has 104 valence electrons. The molecule has 4 N–H and O–H groups in total. The second-order valence-electron chi connectivity index (χ2n) is 4.19. The first-order valence-electron chi connectivity index (χ1n) is 5.85. The van der Waals surface area contributed by atoms with Crippen LogP contribution in [0.3, 0.4) is 0 Å². The standard InChI is InChI=1S/C11H21N3O4/c1-4-6-11(2,9(16)17)14-10(18)13-7-5-8(15)12-3/h4-7H2,1-3H3,(H,12,15)(H,16,17)(H2,13,14,18). The highest BCUT2D eigenvalue weighted by molar-refractivity contribution is 5.86. The molecule has 0 heterocycles. The average Bonchev–Trinajstić information content (AvgIpc) is 2.28. The highest BCUT2D eigenvalue weighted by atomic mass is 16.4. The Hall–Kier alpha value is -1.79. The number of carboxylic acids is 1. The molecule has 0 aliphatic carbocycles. The largest absolute Gasteiger partial charge is 0.480 e. The highest BCUT2D eigenvalue weighted by Gasteiger charge is 2.33. The summed E-state index contributed by atoms with van der Waals surface area (Å²) in [7, 11) is 1.51. The van der Waals surface area contributed by atoms with E-state index >= 15 is 0 Å². The van der Waals surface area contributed by atoms with Crippen molar-refractivity contribution >= 4 is 17.9 Å². The van der Waals surface area contributed by atoms with Crippen LogP contribution in [0, 0.1) is 0 Å². The molecular formula is C11H21N3O4. The Bertz CT molecular complexity index is 319. The van der Waals surface area contributed by atoms with E-state index in [1.807, 2.05) is 6.92 Å². The zero-order valence-corrected chi connectivity index (χ0v) is 11.0. The van der Waals surface area contributed by atoms with Gasteiger partial charge < -0.3 is 21.1 Å². The van der Waals surface area contributed by atoms with Crippen LogP contribution in [0.2, 0.25) is 0 Å². The van der Waals surface area contributed by atoms with Crippen LogP contribution < -0.4 is 16.0 Å². The zero-order chi connectivity index (χ0) is 14.2. The van der Waals surface area contributed by atoms with Crippen LogP contribution in [-0.4, -0.2) is 42.1 Å². The van der Waals surface area contributed by atoms with Gasteiger partial charge >= 0.3 is 12.0 Å². The van der Waals surface area contributed by atoms with E-state index in [0.29, 0.717) is 12.8 Å². The molecule has 0 rings (SSSR count). The molecule has 0 saturated carbocycles. The van der Waals surface area contributed by atoms with Gasteiger partial charge in [0.1, 0.15) is 5.54 Å². The van der Waals surface area contributed by atoms with Crippen LogP contribution in [0.25, 0.3) is 0 Å². The Morgan fingerprint density at radius 2 is 1.89 bits per heavy atom. The van der Waals surface area contributed by atoms with Crippen molar-refractivity contribution in [1.29, 1.82) is 0 Å². The number of hydrogen-bond acceptors (Lipinski definition) is 3. The molecule has 0 fully saturated rings. The van der Waals surface area contributed by atoms with Crippen molar-refractivity contribution in [1.82, 2.24) is 16.0 Å². The van der Waals surface area contributed by atoms with Crippen molar-refractivity contribution < 1.29 is 19.5 Å². The van der Waals surface area contributed by atoms with Crippen LogP contribution in [0.1, 0.15) is 33.1 Å². The normalized spacial score (nSPS) is 13.3. The molecule has 0 aliphatic heterocycles. The third kappa shape index (κ3) is 5.51. The monoisotopic (exact) mass is 259 g/mol. The first-order chi connectivity index (χ1) is 8.35. The third-order valence-electron chi connectivity index (χ3n) is 2.53. The number of urea groups is 1. The molecule has 0 radical (unpaired) electrons. The summed E-state index contributed by atoms with van der Waals surface area (Å²) in [5.74, 6) is -1.27. The SMILES string of the molecule is CCCC(C)(NC(=O)NCCC(=O)NC)C(=O)O. The van der Waals surface area contributed by atoms with E-state index in [4.69, 9.17) is 5.11 Å². The number of amides is 3. The van der Waals surface area contributed by atoms with Gasteiger partial charge in [0, 0.05) is 20.0 Å². The van der Waals surface area contributed by atoms with Gasteiger partial charge in [-0.1, -0.05) is 13.3 Å². The fraction of sp³-hybridized carbons (Fsp3) is 0.727. The van der Waals surface area contributed by atoms with Gasteiger partial charge in [-0.2, -0.15) is 0 Å². The molecule has 18 heavy (non-hydrogen) atoms.